The summed E-state index contributed by atoms with van der Waals surface area (Å²) in [7, 11) is -11.0. The standard InChI is InChI=1S/C44H44F4N6O9S3/c1-26-22-52(24-29-13-15-33-38(39(29)45)43(59)54(42(33)58)35-17-18-37(55)50-41(35)57)23-27(2)53(26)20-19-30(25-64-31-11-7-4-8-12-31)49-34-16-14-32(21-36(34)65(60,61)44(46,47)48)66(62,63)51-40(56)28-9-5-3-6-10-28/h3-16,21,26-27,30,35,49H,17-20,22-25H2,1-2H3,(H,51,56)(H,50,55,57)/t26?,27?,30-,35?/m1/s1. The summed E-state index contributed by atoms with van der Waals surface area (Å²) in [4.78, 5) is 66.9. The van der Waals surface area contributed by atoms with Crippen molar-refractivity contribution in [3.05, 3.63) is 119 Å². The Labute approximate surface area is 382 Å². The summed E-state index contributed by atoms with van der Waals surface area (Å²) in [6.07, 6.45) is 0.107. The SMILES string of the molecule is CC1CN(Cc2ccc3c(c2F)C(=O)N(C2CCC(=O)NC2=O)C3=O)CC(C)N1CC[C@H](CSc1ccccc1)Nc1ccc(S(=O)(=O)NC(=O)c2ccccc2)cc1S(=O)(=O)C(F)(F)F. The third-order valence-electron chi connectivity index (χ3n) is 11.6. The van der Waals surface area contributed by atoms with Gasteiger partial charge in [-0.2, -0.15) is 13.2 Å². The van der Waals surface area contributed by atoms with Gasteiger partial charge in [-0.05, 0) is 75.2 Å². The number of rotatable bonds is 15. The third kappa shape index (κ3) is 10.2. The lowest BCUT2D eigenvalue weighted by molar-refractivity contribution is -0.136. The zero-order valence-electron chi connectivity index (χ0n) is 35.4. The maximum absolute atomic E-state index is 16.1. The van der Waals surface area contributed by atoms with Gasteiger partial charge in [-0.3, -0.25) is 44.0 Å². The molecule has 0 aliphatic carbocycles. The van der Waals surface area contributed by atoms with Gasteiger partial charge in [-0.25, -0.2) is 25.9 Å². The number of benzene rings is 4. The van der Waals surface area contributed by atoms with Crippen LogP contribution in [0.2, 0.25) is 0 Å². The van der Waals surface area contributed by atoms with Crippen LogP contribution in [0.4, 0.5) is 23.2 Å². The van der Waals surface area contributed by atoms with Crippen LogP contribution in [0.1, 0.15) is 69.7 Å². The van der Waals surface area contributed by atoms with Crippen LogP contribution in [0.5, 0.6) is 0 Å². The van der Waals surface area contributed by atoms with Crippen LogP contribution in [-0.4, -0.2) is 116 Å². The number of imide groups is 2. The zero-order valence-corrected chi connectivity index (χ0v) is 37.8. The highest BCUT2D eigenvalue weighted by Crippen LogP contribution is 2.37. The lowest BCUT2D eigenvalue weighted by atomic mass is 10.0. The van der Waals surface area contributed by atoms with E-state index in [2.05, 4.69) is 15.5 Å². The number of hydrogen-bond donors (Lipinski definition) is 3. The number of hydrogen-bond acceptors (Lipinski definition) is 13. The molecule has 0 bridgehead atoms. The van der Waals surface area contributed by atoms with E-state index in [1.165, 1.54) is 48.2 Å². The predicted molar refractivity (Wildman–Crippen MR) is 234 cm³/mol. The minimum Gasteiger partial charge on any atom is -0.380 e. The molecule has 4 atom stereocenters. The average molecular weight is 973 g/mol. The summed E-state index contributed by atoms with van der Waals surface area (Å²) in [5.74, 6) is -4.86. The Bertz CT molecular complexity index is 2770. The van der Waals surface area contributed by atoms with Gasteiger partial charge in [0.05, 0.1) is 21.7 Å². The van der Waals surface area contributed by atoms with E-state index in [0.29, 0.717) is 30.6 Å². The Kier molecular flexibility index (Phi) is 14.1. The molecule has 0 aromatic heterocycles. The quantitative estimate of drug-likeness (QED) is 0.0800. The number of thioether (sulfide) groups is 1. The second kappa shape index (κ2) is 19.3. The van der Waals surface area contributed by atoms with Gasteiger partial charge in [-0.1, -0.05) is 42.5 Å². The van der Waals surface area contributed by atoms with E-state index in [9.17, 15) is 54.0 Å². The van der Waals surface area contributed by atoms with Crippen molar-refractivity contribution in [2.24, 2.45) is 0 Å². The summed E-state index contributed by atoms with van der Waals surface area (Å²) in [6, 6.07) is 19.0. The molecule has 350 valence electrons. The highest BCUT2D eigenvalue weighted by atomic mass is 32.2. The van der Waals surface area contributed by atoms with E-state index >= 15 is 4.39 Å². The van der Waals surface area contributed by atoms with E-state index in [0.717, 1.165) is 17.0 Å². The summed E-state index contributed by atoms with van der Waals surface area (Å²) >= 11 is 1.37. The van der Waals surface area contributed by atoms with E-state index in [1.807, 2.05) is 36.9 Å². The number of sulfone groups is 1. The molecule has 3 N–H and O–H groups in total. The van der Waals surface area contributed by atoms with Crippen LogP contribution in [0.25, 0.3) is 0 Å². The minimum atomic E-state index is -6.15. The van der Waals surface area contributed by atoms with Crippen molar-refractivity contribution >= 4 is 66.8 Å². The predicted octanol–water partition coefficient (Wildman–Crippen LogP) is 5.20. The van der Waals surface area contributed by atoms with E-state index in [-0.39, 0.29) is 60.3 Å². The number of nitrogens with one attached hydrogen (secondary N) is 3. The Hall–Kier alpha value is -5.68. The van der Waals surface area contributed by atoms with Crippen LogP contribution in [0.3, 0.4) is 0 Å². The highest BCUT2D eigenvalue weighted by molar-refractivity contribution is 7.99. The van der Waals surface area contributed by atoms with E-state index < -0.39 is 93.8 Å². The van der Waals surface area contributed by atoms with Crippen LogP contribution < -0.4 is 15.4 Å². The molecule has 0 radical (unpaired) electrons. The van der Waals surface area contributed by atoms with Gasteiger partial charge < -0.3 is 5.32 Å². The zero-order chi connectivity index (χ0) is 47.7. The number of halogens is 4. The topological polar surface area (TPSA) is 199 Å². The molecule has 3 unspecified atom stereocenters. The fraction of sp³-hybridized carbons (Fsp3) is 0.341. The maximum atomic E-state index is 16.1. The number of piperazine rings is 1. The van der Waals surface area contributed by atoms with E-state index in [4.69, 9.17) is 0 Å². The Balaban J connectivity index is 1.07. The van der Waals surface area contributed by atoms with Crippen molar-refractivity contribution in [1.82, 2.24) is 24.7 Å². The molecule has 66 heavy (non-hydrogen) atoms. The van der Waals surface area contributed by atoms with Crippen molar-refractivity contribution in [3.63, 3.8) is 0 Å². The summed E-state index contributed by atoms with van der Waals surface area (Å²) in [5.41, 5.74) is -6.84. The molecule has 0 saturated carbocycles. The highest BCUT2D eigenvalue weighted by Gasteiger charge is 2.49. The van der Waals surface area contributed by atoms with Crippen molar-refractivity contribution < 1.29 is 58.4 Å². The number of sulfonamides is 1. The van der Waals surface area contributed by atoms with Crippen molar-refractivity contribution in [1.29, 1.82) is 0 Å². The lowest BCUT2D eigenvalue weighted by Gasteiger charge is -2.45. The molecule has 4 aromatic carbocycles. The van der Waals surface area contributed by atoms with Gasteiger partial charge in [0.25, 0.3) is 37.6 Å². The van der Waals surface area contributed by atoms with Gasteiger partial charge in [0.1, 0.15) is 16.8 Å². The minimum absolute atomic E-state index is 0.0581. The van der Waals surface area contributed by atoms with Gasteiger partial charge in [0.15, 0.2) is 0 Å². The molecule has 2 fully saturated rings. The van der Waals surface area contributed by atoms with Gasteiger partial charge >= 0.3 is 5.51 Å². The molecule has 15 nitrogen and oxygen atoms in total. The van der Waals surface area contributed by atoms with E-state index in [1.54, 1.807) is 22.9 Å². The summed E-state index contributed by atoms with van der Waals surface area (Å²) in [5, 5.41) is 5.07. The molecule has 4 aromatic rings. The molecule has 7 rings (SSSR count). The number of nitrogens with zero attached hydrogens (tertiary/aromatic N) is 3. The normalized spacial score (nSPS) is 20.2. The first kappa shape index (κ1) is 48.3. The smallest absolute Gasteiger partial charge is 0.380 e. The maximum Gasteiger partial charge on any atom is 0.501 e. The number of carbonyl (C=O) groups excluding carboxylic acids is 5. The number of anilines is 1. The molecule has 3 aliphatic heterocycles. The second-order valence-electron chi connectivity index (χ2n) is 16.2. The second-order valence-corrected chi connectivity index (χ2v) is 20.9. The molecule has 22 heteroatoms. The first-order valence-electron chi connectivity index (χ1n) is 20.7. The Morgan fingerprint density at radius 2 is 1.53 bits per heavy atom. The molecular weight excluding hydrogens is 929 g/mol. The lowest BCUT2D eigenvalue weighted by Crippen LogP contribution is -2.56. The number of amides is 5. The molecule has 2 saturated heterocycles. The first-order chi connectivity index (χ1) is 31.2. The first-order valence-corrected chi connectivity index (χ1v) is 24.6. The number of fused-ring (bicyclic) bond motifs is 1. The summed E-state index contributed by atoms with van der Waals surface area (Å²) in [6.45, 7) is 5.13. The number of carbonyl (C=O) groups is 5. The van der Waals surface area contributed by atoms with Crippen LogP contribution in [0, 0.1) is 5.82 Å². The van der Waals surface area contributed by atoms with Gasteiger partial charge in [0.2, 0.25) is 11.8 Å². The molecule has 5 amide bonds. The van der Waals surface area contributed by atoms with Crippen LogP contribution in [-0.2, 0) is 36.0 Å². The van der Waals surface area contributed by atoms with Crippen LogP contribution in [0.15, 0.2) is 106 Å². The fourth-order valence-electron chi connectivity index (χ4n) is 8.36. The van der Waals surface area contributed by atoms with Gasteiger partial charge in [-0.15, -0.1) is 11.8 Å². The Morgan fingerprint density at radius 3 is 2.17 bits per heavy atom. The molecule has 0 spiro atoms. The van der Waals surface area contributed by atoms with Crippen molar-refractivity contribution in [3.8, 4) is 0 Å². The molecular formula is C44H44F4N6O9S3. The Morgan fingerprint density at radius 1 is 0.879 bits per heavy atom. The van der Waals surface area contributed by atoms with Crippen molar-refractivity contribution in [2.45, 2.75) is 84.0 Å². The van der Waals surface area contributed by atoms with Crippen LogP contribution >= 0.6 is 11.8 Å². The number of alkyl halides is 3. The fourth-order valence-corrected chi connectivity index (χ4v) is 11.4. The number of piperidine rings is 1. The average Bonchev–Trinajstić information content (AvgIpc) is 3.52. The third-order valence-corrected chi connectivity index (χ3v) is 15.6. The molecule has 3 aliphatic rings. The molecule has 3 heterocycles. The largest absolute Gasteiger partial charge is 0.501 e. The monoisotopic (exact) mass is 972 g/mol. The van der Waals surface area contributed by atoms with Gasteiger partial charge in [0, 0.05) is 72.5 Å². The van der Waals surface area contributed by atoms with Crippen molar-refractivity contribution in [2.75, 3.05) is 30.7 Å². The summed E-state index contributed by atoms with van der Waals surface area (Å²) < 4.78 is 113.